The molecule has 0 saturated heterocycles. The van der Waals surface area contributed by atoms with Crippen LogP contribution in [0.1, 0.15) is 349 Å². The molecule has 5 atom stereocenters. The van der Waals surface area contributed by atoms with Gasteiger partial charge in [-0.25, -0.2) is 9.13 Å². The fraction of sp³-hybridized carbons (Fsp3) is 0.724. The van der Waals surface area contributed by atoms with Gasteiger partial charge in [-0.3, -0.25) is 37.3 Å². The second kappa shape index (κ2) is 78.6. The van der Waals surface area contributed by atoms with Gasteiger partial charge in [-0.15, -0.1) is 0 Å². The number of carbonyl (C=O) groups is 4. The van der Waals surface area contributed by atoms with Crippen molar-refractivity contribution in [1.82, 2.24) is 0 Å². The van der Waals surface area contributed by atoms with E-state index in [1.54, 1.807) is 0 Å². The van der Waals surface area contributed by atoms with Crippen molar-refractivity contribution in [3.05, 3.63) is 122 Å². The van der Waals surface area contributed by atoms with E-state index in [1.807, 2.05) is 0 Å². The van der Waals surface area contributed by atoms with Crippen molar-refractivity contribution in [3.8, 4) is 0 Å². The normalized spacial score (nSPS) is 14.4. The van der Waals surface area contributed by atoms with Crippen molar-refractivity contribution in [3.63, 3.8) is 0 Å². The van der Waals surface area contributed by atoms with E-state index < -0.39 is 97.5 Å². The van der Waals surface area contributed by atoms with Gasteiger partial charge in [0, 0.05) is 25.7 Å². The van der Waals surface area contributed by atoms with E-state index in [0.29, 0.717) is 25.7 Å². The first-order valence-electron chi connectivity index (χ1n) is 41.8. The summed E-state index contributed by atoms with van der Waals surface area (Å²) >= 11 is 0. The Morgan fingerprint density at radius 2 is 0.491 bits per heavy atom. The number of phosphoric acid groups is 2. The molecular formula is C87H150O17P2. The fourth-order valence-corrected chi connectivity index (χ4v) is 12.6. The Labute approximate surface area is 644 Å². The van der Waals surface area contributed by atoms with Gasteiger partial charge in [0.2, 0.25) is 0 Å². The Bertz CT molecular complexity index is 2480. The zero-order chi connectivity index (χ0) is 77.4. The zero-order valence-corrected chi connectivity index (χ0v) is 68.6. The quantitative estimate of drug-likeness (QED) is 0.0169. The molecule has 0 fully saturated rings. The maximum Gasteiger partial charge on any atom is 0.472 e. The number of ether oxygens (including phenoxy) is 4. The number of hydrogen-bond donors (Lipinski definition) is 3. The first-order valence-corrected chi connectivity index (χ1v) is 44.8. The van der Waals surface area contributed by atoms with Gasteiger partial charge in [0.15, 0.2) is 12.2 Å². The number of carbonyl (C=O) groups excluding carboxylic acids is 4. The first-order chi connectivity index (χ1) is 51.7. The third kappa shape index (κ3) is 77.6. The van der Waals surface area contributed by atoms with E-state index in [1.165, 1.54) is 77.0 Å². The monoisotopic (exact) mass is 1530 g/mol. The molecule has 106 heavy (non-hydrogen) atoms. The number of phosphoric ester groups is 2. The molecule has 0 aromatic heterocycles. The Morgan fingerprint density at radius 3 is 0.783 bits per heavy atom. The fourth-order valence-electron chi connectivity index (χ4n) is 11.0. The third-order valence-electron chi connectivity index (χ3n) is 17.4. The number of unbranched alkanes of at least 4 members (excludes halogenated alkanes) is 32. The highest BCUT2D eigenvalue weighted by molar-refractivity contribution is 7.47. The average molecular weight is 1530 g/mol. The molecule has 0 radical (unpaired) electrons. The second-order valence-corrected chi connectivity index (χ2v) is 30.6. The molecule has 17 nitrogen and oxygen atoms in total. The maximum atomic E-state index is 13.1. The summed E-state index contributed by atoms with van der Waals surface area (Å²) in [6, 6.07) is 0. The van der Waals surface area contributed by atoms with Crippen LogP contribution in [0.3, 0.4) is 0 Å². The molecule has 0 rings (SSSR count). The zero-order valence-electron chi connectivity index (χ0n) is 66.8. The number of allylic oxidation sites excluding steroid dienone is 20. The second-order valence-electron chi connectivity index (χ2n) is 27.7. The summed E-state index contributed by atoms with van der Waals surface area (Å²) in [6.45, 7) is 4.67. The molecule has 0 aromatic rings. The van der Waals surface area contributed by atoms with Crippen molar-refractivity contribution in [2.75, 3.05) is 39.6 Å². The van der Waals surface area contributed by atoms with E-state index >= 15 is 0 Å². The summed E-state index contributed by atoms with van der Waals surface area (Å²) in [5.74, 6) is -2.23. The summed E-state index contributed by atoms with van der Waals surface area (Å²) in [7, 11) is -9.98. The highest BCUT2D eigenvalue weighted by Gasteiger charge is 2.30. The van der Waals surface area contributed by atoms with E-state index in [0.717, 1.165) is 193 Å². The Kier molecular flexibility index (Phi) is 75.2. The molecule has 19 heteroatoms. The van der Waals surface area contributed by atoms with Crippen LogP contribution in [0, 0.1) is 0 Å². The van der Waals surface area contributed by atoms with E-state index in [2.05, 4.69) is 149 Å². The summed E-state index contributed by atoms with van der Waals surface area (Å²) < 4.78 is 68.7. The molecule has 0 aliphatic heterocycles. The van der Waals surface area contributed by atoms with Gasteiger partial charge < -0.3 is 33.8 Å². The first kappa shape index (κ1) is 101. The SMILES string of the molecule is CC/C=C\C/C=C\C/C=C\C/C=C\CCCCCCC(=O)OCC(COP(=O)(O)OCC(O)COP(=O)(O)OCC(COC(=O)CCCCCCCC/C=C\C/C=C\C/C=C\CCCCC)OC(=O)CCCCCCC/C=C\CCCCCCCC)OC(=O)CCCCCCC/C=C\C/C=C\CCCCC. The molecule has 610 valence electrons. The van der Waals surface area contributed by atoms with Crippen LogP contribution in [0.15, 0.2) is 122 Å². The topological polar surface area (TPSA) is 237 Å². The lowest BCUT2D eigenvalue weighted by atomic mass is 10.1. The van der Waals surface area contributed by atoms with E-state index in [9.17, 15) is 43.2 Å². The van der Waals surface area contributed by atoms with E-state index in [-0.39, 0.29) is 25.7 Å². The van der Waals surface area contributed by atoms with Gasteiger partial charge in [0.05, 0.1) is 26.4 Å². The lowest BCUT2D eigenvalue weighted by Gasteiger charge is -2.21. The molecule has 0 aliphatic rings. The third-order valence-corrected chi connectivity index (χ3v) is 19.3. The summed E-state index contributed by atoms with van der Waals surface area (Å²) in [5, 5.41) is 10.7. The minimum Gasteiger partial charge on any atom is -0.462 e. The number of rotatable bonds is 78. The van der Waals surface area contributed by atoms with Crippen LogP contribution < -0.4 is 0 Å². The number of hydrogen-bond acceptors (Lipinski definition) is 15. The van der Waals surface area contributed by atoms with Crippen molar-refractivity contribution in [2.24, 2.45) is 0 Å². The van der Waals surface area contributed by atoms with Crippen molar-refractivity contribution >= 4 is 39.5 Å². The molecule has 0 amide bonds. The molecule has 5 unspecified atom stereocenters. The summed E-state index contributed by atoms with van der Waals surface area (Å²) in [4.78, 5) is 73.2. The smallest absolute Gasteiger partial charge is 0.462 e. The van der Waals surface area contributed by atoms with E-state index in [4.69, 9.17) is 37.0 Å². The molecule has 3 N–H and O–H groups in total. The number of aliphatic hydroxyl groups is 1. The molecule has 0 aromatic carbocycles. The Hall–Kier alpha value is -4.54. The highest BCUT2D eigenvalue weighted by atomic mass is 31.2. The molecule has 0 spiro atoms. The maximum absolute atomic E-state index is 13.1. The van der Waals surface area contributed by atoms with Crippen LogP contribution in [0.2, 0.25) is 0 Å². The molecule has 0 bridgehead atoms. The predicted molar refractivity (Wildman–Crippen MR) is 436 cm³/mol. The number of esters is 4. The van der Waals surface area contributed by atoms with Crippen LogP contribution in [0.25, 0.3) is 0 Å². The standard InChI is InChI=1S/C87H150O17P2/c1-5-9-13-17-21-25-29-33-37-39-40-42-46-48-52-56-60-64-68-72-85(90)98-78-83(104-87(92)74-70-66-62-58-54-50-44-36-32-28-24-20-16-12-8-4)80-102-106(95,96)100-76-81(88)75-99-105(93,94)101-79-82(103-86(91)73-69-65-61-57-53-49-43-35-31-27-23-19-15-11-7-3)77-97-84(89)71-67-63-59-55-51-47-45-41-38-34-30-26-22-18-14-10-6-2/h10,14,21-23,25-27,33-38,40,42-45,47,81-83,88H,5-9,11-13,15-20,24,28-32,39,41,46,48-80H2,1-4H3,(H,93,94)(H,95,96)/b14-10-,25-21-,26-22-,27-23-,37-33-,38-34-,42-40-,43-35-,44-36-,47-45-. The van der Waals surface area contributed by atoms with Gasteiger partial charge in [-0.1, -0.05) is 284 Å². The molecule has 0 saturated carbocycles. The molecule has 0 aliphatic carbocycles. The Balaban J connectivity index is 5.40. The van der Waals surface area contributed by atoms with Crippen LogP contribution in [-0.2, 0) is 65.4 Å². The van der Waals surface area contributed by atoms with Gasteiger partial charge in [0.1, 0.15) is 19.3 Å². The van der Waals surface area contributed by atoms with Crippen molar-refractivity contribution in [2.45, 2.75) is 367 Å². The summed E-state index contributed by atoms with van der Waals surface area (Å²) in [5.41, 5.74) is 0. The van der Waals surface area contributed by atoms with Gasteiger partial charge >= 0.3 is 39.5 Å². The largest absolute Gasteiger partial charge is 0.472 e. The Morgan fingerprint density at radius 1 is 0.274 bits per heavy atom. The predicted octanol–water partition coefficient (Wildman–Crippen LogP) is 24.7. The average Bonchev–Trinajstić information content (AvgIpc) is 0.928. The minimum absolute atomic E-state index is 0.0712. The lowest BCUT2D eigenvalue weighted by Crippen LogP contribution is -2.30. The summed E-state index contributed by atoms with van der Waals surface area (Å²) in [6.07, 6.45) is 87.3. The molecule has 0 heterocycles. The van der Waals surface area contributed by atoms with Gasteiger partial charge in [-0.05, 0) is 161 Å². The van der Waals surface area contributed by atoms with Crippen molar-refractivity contribution < 1.29 is 80.2 Å². The minimum atomic E-state index is -4.99. The van der Waals surface area contributed by atoms with Crippen LogP contribution in [0.5, 0.6) is 0 Å². The van der Waals surface area contributed by atoms with Gasteiger partial charge in [-0.2, -0.15) is 0 Å². The van der Waals surface area contributed by atoms with Crippen molar-refractivity contribution in [1.29, 1.82) is 0 Å². The lowest BCUT2D eigenvalue weighted by molar-refractivity contribution is -0.161. The van der Waals surface area contributed by atoms with Gasteiger partial charge in [0.25, 0.3) is 0 Å². The van der Waals surface area contributed by atoms with Crippen LogP contribution >= 0.6 is 15.6 Å². The number of aliphatic hydroxyl groups excluding tert-OH is 1. The highest BCUT2D eigenvalue weighted by Crippen LogP contribution is 2.45. The molecular weight excluding hydrogens is 1380 g/mol. The van der Waals surface area contributed by atoms with Crippen LogP contribution in [0.4, 0.5) is 0 Å². The van der Waals surface area contributed by atoms with Crippen LogP contribution in [-0.4, -0.2) is 96.7 Å².